The molecule has 0 aliphatic heterocycles. The number of benzene rings is 1. The molecule has 1 aromatic rings. The third-order valence-corrected chi connectivity index (χ3v) is 4.52. The quantitative estimate of drug-likeness (QED) is 0.794. The van der Waals surface area contributed by atoms with Gasteiger partial charge >= 0.3 is 0 Å². The van der Waals surface area contributed by atoms with Crippen LogP contribution in [0.5, 0.6) is 0 Å². The topological polar surface area (TPSA) is 15.3 Å². The highest BCUT2D eigenvalue weighted by Gasteiger charge is 2.30. The van der Waals surface area contributed by atoms with E-state index >= 15 is 0 Å². The van der Waals surface area contributed by atoms with E-state index in [2.05, 4.69) is 55.4 Å². The van der Waals surface area contributed by atoms with Gasteiger partial charge in [0, 0.05) is 12.1 Å². The Morgan fingerprint density at radius 2 is 1.85 bits per heavy atom. The third kappa shape index (κ3) is 3.42. The Hall–Kier alpha value is -0.860. The maximum Gasteiger partial charge on any atom is 0.0478 e. The minimum absolute atomic E-state index is 0.479. The summed E-state index contributed by atoms with van der Waals surface area (Å²) in [5, 5.41) is 3.61. The molecule has 0 fully saturated rings. The molecule has 1 aliphatic carbocycles. The number of aryl methyl sites for hydroxylation is 1. The van der Waals surface area contributed by atoms with Crippen molar-refractivity contribution in [2.45, 2.75) is 58.0 Å². The molecule has 2 heteroatoms. The lowest BCUT2D eigenvalue weighted by molar-refractivity contribution is 0.151. The van der Waals surface area contributed by atoms with Gasteiger partial charge in [0.15, 0.2) is 0 Å². The normalized spacial score (nSPS) is 22.6. The van der Waals surface area contributed by atoms with Crippen molar-refractivity contribution in [2.75, 3.05) is 20.1 Å². The van der Waals surface area contributed by atoms with Crippen molar-refractivity contribution in [3.05, 3.63) is 35.4 Å². The van der Waals surface area contributed by atoms with Crippen molar-refractivity contribution in [2.24, 2.45) is 0 Å². The van der Waals surface area contributed by atoms with E-state index in [0.717, 1.165) is 0 Å². The Morgan fingerprint density at radius 1 is 1.15 bits per heavy atom. The number of nitrogens with zero attached hydrogens (tertiary/aromatic N) is 1. The standard InChI is InChI=1S/C18H30N2/c1-4-13-20(14-5-2)17-12-8-10-15-9-6-7-11-16(15)18(17)19-3/h6-7,9,11,17-19H,4-5,8,10,12-14H2,1-3H3. The second-order valence-electron chi connectivity index (χ2n) is 5.96. The zero-order chi connectivity index (χ0) is 14.4. The summed E-state index contributed by atoms with van der Waals surface area (Å²) in [6.07, 6.45) is 6.34. The molecule has 0 saturated heterocycles. The van der Waals surface area contributed by atoms with Gasteiger partial charge in [-0.15, -0.1) is 0 Å². The van der Waals surface area contributed by atoms with Gasteiger partial charge in [-0.1, -0.05) is 38.1 Å². The van der Waals surface area contributed by atoms with Gasteiger partial charge in [-0.3, -0.25) is 4.90 Å². The molecule has 0 saturated carbocycles. The number of hydrogen-bond donors (Lipinski definition) is 1. The highest BCUT2D eigenvalue weighted by Crippen LogP contribution is 2.31. The molecule has 20 heavy (non-hydrogen) atoms. The number of hydrogen-bond acceptors (Lipinski definition) is 2. The van der Waals surface area contributed by atoms with E-state index in [1.165, 1.54) is 50.8 Å². The molecule has 2 nitrogen and oxygen atoms in total. The van der Waals surface area contributed by atoms with Gasteiger partial charge in [0.2, 0.25) is 0 Å². The van der Waals surface area contributed by atoms with E-state index in [4.69, 9.17) is 0 Å². The van der Waals surface area contributed by atoms with E-state index < -0.39 is 0 Å². The number of fused-ring (bicyclic) bond motifs is 1. The van der Waals surface area contributed by atoms with Crippen LogP contribution in [0, 0.1) is 0 Å². The summed E-state index contributed by atoms with van der Waals surface area (Å²) in [6.45, 7) is 7.03. The van der Waals surface area contributed by atoms with Crippen LogP contribution in [0.4, 0.5) is 0 Å². The first kappa shape index (κ1) is 15.5. The molecule has 2 unspecified atom stereocenters. The predicted octanol–water partition coefficient (Wildman–Crippen LogP) is 3.77. The molecular weight excluding hydrogens is 244 g/mol. The molecular formula is C18H30N2. The smallest absolute Gasteiger partial charge is 0.0478 e. The van der Waals surface area contributed by atoms with Crippen molar-refractivity contribution in [1.29, 1.82) is 0 Å². The second kappa shape index (κ2) is 7.80. The Bertz CT molecular complexity index is 396. The van der Waals surface area contributed by atoms with Crippen LogP contribution in [-0.4, -0.2) is 31.1 Å². The monoisotopic (exact) mass is 274 g/mol. The molecule has 2 atom stereocenters. The fourth-order valence-electron chi connectivity index (χ4n) is 3.70. The van der Waals surface area contributed by atoms with Crippen LogP contribution < -0.4 is 5.32 Å². The molecule has 1 N–H and O–H groups in total. The summed E-state index contributed by atoms with van der Waals surface area (Å²) in [4.78, 5) is 2.71. The summed E-state index contributed by atoms with van der Waals surface area (Å²) in [7, 11) is 2.12. The first-order valence-electron chi connectivity index (χ1n) is 8.30. The van der Waals surface area contributed by atoms with Crippen LogP contribution in [0.3, 0.4) is 0 Å². The Morgan fingerprint density at radius 3 is 2.50 bits per heavy atom. The first-order chi connectivity index (χ1) is 9.81. The minimum Gasteiger partial charge on any atom is -0.312 e. The lowest BCUT2D eigenvalue weighted by Crippen LogP contribution is -2.44. The molecule has 0 heterocycles. The Balaban J connectivity index is 2.28. The molecule has 0 spiro atoms. The second-order valence-corrected chi connectivity index (χ2v) is 5.96. The van der Waals surface area contributed by atoms with Crippen LogP contribution >= 0.6 is 0 Å². The van der Waals surface area contributed by atoms with Crippen molar-refractivity contribution in [3.8, 4) is 0 Å². The maximum absolute atomic E-state index is 3.61. The SMILES string of the molecule is CCCN(CCC)C1CCCc2ccccc2C1NC. The van der Waals surface area contributed by atoms with Gasteiger partial charge in [-0.25, -0.2) is 0 Å². The van der Waals surface area contributed by atoms with Gasteiger partial charge in [-0.2, -0.15) is 0 Å². The summed E-state index contributed by atoms with van der Waals surface area (Å²) in [6, 6.07) is 10.1. The largest absolute Gasteiger partial charge is 0.312 e. The van der Waals surface area contributed by atoms with Gasteiger partial charge < -0.3 is 5.32 Å². The fourth-order valence-corrected chi connectivity index (χ4v) is 3.70. The van der Waals surface area contributed by atoms with Crippen LogP contribution in [0.25, 0.3) is 0 Å². The van der Waals surface area contributed by atoms with Crippen LogP contribution in [0.1, 0.15) is 56.7 Å². The number of likely N-dealkylation sites (N-methyl/N-ethyl adjacent to an activating group) is 1. The van der Waals surface area contributed by atoms with Crippen LogP contribution in [-0.2, 0) is 6.42 Å². The van der Waals surface area contributed by atoms with Crippen molar-refractivity contribution in [1.82, 2.24) is 10.2 Å². The molecule has 0 aromatic heterocycles. The van der Waals surface area contributed by atoms with Crippen molar-refractivity contribution < 1.29 is 0 Å². The van der Waals surface area contributed by atoms with Crippen molar-refractivity contribution >= 4 is 0 Å². The van der Waals surface area contributed by atoms with E-state index in [1.807, 2.05) is 0 Å². The van der Waals surface area contributed by atoms with Crippen LogP contribution in [0.15, 0.2) is 24.3 Å². The van der Waals surface area contributed by atoms with E-state index in [1.54, 1.807) is 5.56 Å². The summed E-state index contributed by atoms with van der Waals surface area (Å²) < 4.78 is 0. The van der Waals surface area contributed by atoms with Crippen molar-refractivity contribution in [3.63, 3.8) is 0 Å². The van der Waals surface area contributed by atoms with Gasteiger partial charge in [0.25, 0.3) is 0 Å². The summed E-state index contributed by atoms with van der Waals surface area (Å²) >= 11 is 0. The molecule has 1 aromatic carbocycles. The van der Waals surface area contributed by atoms with Crippen LogP contribution in [0.2, 0.25) is 0 Å². The highest BCUT2D eigenvalue weighted by atomic mass is 15.2. The lowest BCUT2D eigenvalue weighted by atomic mass is 9.95. The molecule has 0 radical (unpaired) electrons. The molecule has 1 aliphatic rings. The van der Waals surface area contributed by atoms with E-state index in [9.17, 15) is 0 Å². The predicted molar refractivity (Wildman–Crippen MR) is 87.1 cm³/mol. The summed E-state index contributed by atoms with van der Waals surface area (Å²) in [5.41, 5.74) is 3.07. The van der Waals surface area contributed by atoms with Gasteiger partial charge in [0.05, 0.1) is 0 Å². The average Bonchev–Trinajstić information content (AvgIpc) is 2.65. The van der Waals surface area contributed by atoms with E-state index in [-0.39, 0.29) is 0 Å². The first-order valence-corrected chi connectivity index (χ1v) is 8.30. The third-order valence-electron chi connectivity index (χ3n) is 4.52. The number of nitrogens with one attached hydrogen (secondary N) is 1. The zero-order valence-corrected chi connectivity index (χ0v) is 13.4. The lowest BCUT2D eigenvalue weighted by Gasteiger charge is -2.36. The molecule has 2 rings (SSSR count). The van der Waals surface area contributed by atoms with Gasteiger partial charge in [-0.05, 0) is 63.4 Å². The Labute approximate surface area is 124 Å². The molecule has 0 amide bonds. The number of rotatable bonds is 6. The maximum atomic E-state index is 3.61. The highest BCUT2D eigenvalue weighted by molar-refractivity contribution is 5.32. The van der Waals surface area contributed by atoms with Gasteiger partial charge in [0.1, 0.15) is 0 Å². The molecule has 112 valence electrons. The zero-order valence-electron chi connectivity index (χ0n) is 13.4. The minimum atomic E-state index is 0.479. The average molecular weight is 274 g/mol. The fraction of sp³-hybridized carbons (Fsp3) is 0.667. The molecule has 0 bridgehead atoms. The van der Waals surface area contributed by atoms with E-state index in [0.29, 0.717) is 12.1 Å². The summed E-state index contributed by atoms with van der Waals surface area (Å²) in [5.74, 6) is 0. The Kier molecular flexibility index (Phi) is 6.06.